The second kappa shape index (κ2) is 7.81. The minimum absolute atomic E-state index is 0.0367. The molecule has 0 atom stereocenters. The highest BCUT2D eigenvalue weighted by Crippen LogP contribution is 2.35. The van der Waals surface area contributed by atoms with Crippen LogP contribution in [0, 0.1) is 20.2 Å². The van der Waals surface area contributed by atoms with Gasteiger partial charge in [0.25, 0.3) is 5.69 Å². The lowest BCUT2D eigenvalue weighted by Gasteiger charge is -2.23. The molecule has 1 aromatic rings. The van der Waals surface area contributed by atoms with Gasteiger partial charge in [0.05, 0.1) is 4.92 Å². The van der Waals surface area contributed by atoms with Gasteiger partial charge in [0, 0.05) is 36.3 Å². The van der Waals surface area contributed by atoms with Crippen LogP contribution < -0.4 is 0 Å². The van der Waals surface area contributed by atoms with Crippen LogP contribution in [-0.4, -0.2) is 21.7 Å². The summed E-state index contributed by atoms with van der Waals surface area (Å²) in [4.78, 5) is 33.0. The van der Waals surface area contributed by atoms with Gasteiger partial charge in [-0.2, -0.15) is 0 Å². The Morgan fingerprint density at radius 2 is 1.62 bits per heavy atom. The molecule has 128 valence electrons. The SMILES string of the molecule is O=C/C(=C\c1ccc([N+](=O)[O-])cc1)CC1([N+](=O)[O-])CCCCCC1. The molecule has 1 aliphatic carbocycles. The molecule has 1 fully saturated rings. The number of aldehydes is 1. The number of benzene rings is 1. The number of carbonyl (C=O) groups excluding carboxylic acids is 1. The molecule has 0 saturated heterocycles. The van der Waals surface area contributed by atoms with Gasteiger partial charge in [0.15, 0.2) is 0 Å². The molecule has 2 rings (SSSR count). The number of nitro groups is 2. The predicted octanol–water partition coefficient (Wildman–Crippen LogP) is 3.94. The van der Waals surface area contributed by atoms with Crippen LogP contribution in [0.2, 0.25) is 0 Å². The number of carbonyl (C=O) groups is 1. The highest BCUT2D eigenvalue weighted by Gasteiger charge is 2.43. The minimum atomic E-state index is -1.08. The van der Waals surface area contributed by atoms with Gasteiger partial charge in [-0.05, 0) is 42.2 Å². The Labute approximate surface area is 139 Å². The van der Waals surface area contributed by atoms with Crippen LogP contribution in [0.5, 0.6) is 0 Å². The minimum Gasteiger partial charge on any atom is -0.298 e. The van der Waals surface area contributed by atoms with Crippen molar-refractivity contribution >= 4 is 18.0 Å². The van der Waals surface area contributed by atoms with E-state index in [0.29, 0.717) is 30.3 Å². The van der Waals surface area contributed by atoms with Gasteiger partial charge in [0.2, 0.25) is 5.54 Å². The summed E-state index contributed by atoms with van der Waals surface area (Å²) in [6.07, 6.45) is 6.84. The van der Waals surface area contributed by atoms with E-state index < -0.39 is 10.5 Å². The fraction of sp³-hybridized carbons (Fsp3) is 0.471. The van der Waals surface area contributed by atoms with Crippen molar-refractivity contribution in [1.29, 1.82) is 0 Å². The average molecular weight is 332 g/mol. The van der Waals surface area contributed by atoms with E-state index in [1.807, 2.05) is 0 Å². The summed E-state index contributed by atoms with van der Waals surface area (Å²) in [6, 6.07) is 5.77. The maximum absolute atomic E-state index is 11.6. The van der Waals surface area contributed by atoms with Gasteiger partial charge < -0.3 is 0 Å². The fourth-order valence-electron chi connectivity index (χ4n) is 3.22. The molecule has 0 amide bonds. The van der Waals surface area contributed by atoms with E-state index in [9.17, 15) is 25.0 Å². The zero-order valence-corrected chi connectivity index (χ0v) is 13.3. The lowest BCUT2D eigenvalue weighted by Crippen LogP contribution is -2.38. The van der Waals surface area contributed by atoms with Crippen LogP contribution in [0.15, 0.2) is 29.8 Å². The van der Waals surface area contributed by atoms with Crippen LogP contribution in [0.4, 0.5) is 5.69 Å². The molecule has 1 aromatic carbocycles. The number of nitrogens with zero attached hydrogens (tertiary/aromatic N) is 2. The number of hydrogen-bond acceptors (Lipinski definition) is 5. The van der Waals surface area contributed by atoms with E-state index in [4.69, 9.17) is 0 Å². The Balaban J connectivity index is 2.24. The quantitative estimate of drug-likeness (QED) is 0.258. The third-order valence-corrected chi connectivity index (χ3v) is 4.56. The molecule has 0 radical (unpaired) electrons. The Kier molecular flexibility index (Phi) is 5.78. The molecule has 24 heavy (non-hydrogen) atoms. The molecule has 0 heterocycles. The summed E-state index contributed by atoms with van der Waals surface area (Å²) in [5, 5.41) is 22.3. The van der Waals surface area contributed by atoms with Gasteiger partial charge in [-0.15, -0.1) is 0 Å². The second-order valence-corrected chi connectivity index (χ2v) is 6.26. The molecule has 0 aliphatic heterocycles. The van der Waals surface area contributed by atoms with Gasteiger partial charge in [0.1, 0.15) is 6.29 Å². The van der Waals surface area contributed by atoms with Gasteiger partial charge in [-0.3, -0.25) is 25.0 Å². The Morgan fingerprint density at radius 3 is 2.08 bits per heavy atom. The summed E-state index contributed by atoms with van der Waals surface area (Å²) in [6.45, 7) is 0. The first kappa shape index (κ1) is 17.8. The summed E-state index contributed by atoms with van der Waals surface area (Å²) >= 11 is 0. The van der Waals surface area contributed by atoms with Gasteiger partial charge in [-0.25, -0.2) is 0 Å². The molecule has 0 unspecified atom stereocenters. The third-order valence-electron chi connectivity index (χ3n) is 4.56. The van der Waals surface area contributed by atoms with E-state index in [1.54, 1.807) is 6.08 Å². The van der Waals surface area contributed by atoms with E-state index >= 15 is 0 Å². The zero-order chi connectivity index (χ0) is 17.6. The molecule has 0 spiro atoms. The van der Waals surface area contributed by atoms with Crippen molar-refractivity contribution in [2.45, 2.75) is 50.5 Å². The highest BCUT2D eigenvalue weighted by atomic mass is 16.6. The van der Waals surface area contributed by atoms with Crippen molar-refractivity contribution in [3.63, 3.8) is 0 Å². The van der Waals surface area contributed by atoms with Crippen molar-refractivity contribution in [3.8, 4) is 0 Å². The Bertz CT molecular complexity index is 643. The first-order valence-electron chi connectivity index (χ1n) is 8.01. The summed E-state index contributed by atoms with van der Waals surface area (Å²) < 4.78 is 0. The molecule has 0 bridgehead atoms. The molecule has 1 saturated carbocycles. The van der Waals surface area contributed by atoms with Crippen LogP contribution in [0.1, 0.15) is 50.5 Å². The Morgan fingerprint density at radius 1 is 1.04 bits per heavy atom. The second-order valence-electron chi connectivity index (χ2n) is 6.26. The normalized spacial score (nSPS) is 17.8. The van der Waals surface area contributed by atoms with E-state index in [1.165, 1.54) is 24.3 Å². The van der Waals surface area contributed by atoms with E-state index in [2.05, 4.69) is 0 Å². The first-order valence-corrected chi connectivity index (χ1v) is 8.01. The number of rotatable bonds is 6. The molecule has 0 aromatic heterocycles. The van der Waals surface area contributed by atoms with Crippen molar-refractivity contribution in [1.82, 2.24) is 0 Å². The summed E-state index contributed by atoms with van der Waals surface area (Å²) in [5.41, 5.74) is -0.146. The summed E-state index contributed by atoms with van der Waals surface area (Å²) in [7, 11) is 0. The molecule has 7 heteroatoms. The molecule has 7 nitrogen and oxygen atoms in total. The largest absolute Gasteiger partial charge is 0.298 e. The predicted molar refractivity (Wildman–Crippen MR) is 89.2 cm³/mol. The van der Waals surface area contributed by atoms with Gasteiger partial charge in [-0.1, -0.05) is 12.8 Å². The fourth-order valence-corrected chi connectivity index (χ4v) is 3.22. The monoisotopic (exact) mass is 332 g/mol. The van der Waals surface area contributed by atoms with Crippen molar-refractivity contribution in [2.24, 2.45) is 0 Å². The smallest absolute Gasteiger partial charge is 0.269 e. The number of hydrogen-bond donors (Lipinski definition) is 0. The first-order chi connectivity index (χ1) is 11.5. The van der Waals surface area contributed by atoms with Crippen LogP contribution in [0.25, 0.3) is 6.08 Å². The molecular formula is C17H20N2O5. The van der Waals surface area contributed by atoms with Crippen molar-refractivity contribution in [2.75, 3.05) is 0 Å². The number of nitro benzene ring substituents is 1. The van der Waals surface area contributed by atoms with E-state index in [0.717, 1.165) is 25.7 Å². The molecule has 1 aliphatic rings. The maximum atomic E-state index is 11.6. The van der Waals surface area contributed by atoms with Crippen LogP contribution >= 0.6 is 0 Å². The highest BCUT2D eigenvalue weighted by molar-refractivity contribution is 5.82. The standard InChI is InChI=1S/C17H20N2O5/c20-13-15(11-14-5-7-16(8-6-14)18(21)22)12-17(19(23)24)9-3-1-2-4-10-17/h5-8,11,13H,1-4,9-10,12H2/b15-11-. The zero-order valence-electron chi connectivity index (χ0n) is 13.3. The topological polar surface area (TPSA) is 103 Å². The number of non-ortho nitro benzene ring substituents is 1. The van der Waals surface area contributed by atoms with Crippen LogP contribution in [0.3, 0.4) is 0 Å². The molecule has 0 N–H and O–H groups in total. The lowest BCUT2D eigenvalue weighted by atomic mass is 9.84. The maximum Gasteiger partial charge on any atom is 0.269 e. The lowest BCUT2D eigenvalue weighted by molar-refractivity contribution is -0.572. The van der Waals surface area contributed by atoms with Crippen molar-refractivity contribution in [3.05, 3.63) is 55.6 Å². The summed E-state index contributed by atoms with van der Waals surface area (Å²) in [5.74, 6) is 0. The average Bonchev–Trinajstić information content (AvgIpc) is 2.81. The van der Waals surface area contributed by atoms with Crippen LogP contribution in [-0.2, 0) is 4.79 Å². The third kappa shape index (κ3) is 4.24. The van der Waals surface area contributed by atoms with Crippen molar-refractivity contribution < 1.29 is 14.6 Å². The Hall–Kier alpha value is -2.57. The molecular weight excluding hydrogens is 312 g/mol. The van der Waals surface area contributed by atoms with E-state index in [-0.39, 0.29) is 17.0 Å². The van der Waals surface area contributed by atoms with Gasteiger partial charge >= 0.3 is 0 Å².